The molecule has 0 bridgehead atoms. The zero-order chi connectivity index (χ0) is 13.1. The van der Waals surface area contributed by atoms with E-state index in [0.717, 1.165) is 5.69 Å². The molecule has 0 aliphatic rings. The van der Waals surface area contributed by atoms with E-state index in [2.05, 4.69) is 24.2 Å². The van der Waals surface area contributed by atoms with Crippen molar-refractivity contribution in [2.24, 2.45) is 5.92 Å². The van der Waals surface area contributed by atoms with Crippen molar-refractivity contribution in [2.45, 2.75) is 20.3 Å². The lowest BCUT2D eigenvalue weighted by molar-refractivity contribution is 0.111. The molecule has 18 heavy (non-hydrogen) atoms. The number of carbonyl (C=O) groups is 1. The van der Waals surface area contributed by atoms with Crippen molar-refractivity contribution in [1.29, 1.82) is 0 Å². The molecule has 2 rings (SSSR count). The van der Waals surface area contributed by atoms with Gasteiger partial charge >= 0.3 is 0 Å². The fourth-order valence-electron chi connectivity index (χ4n) is 1.77. The normalized spacial score (nSPS) is 10.9. The van der Waals surface area contributed by atoms with E-state index >= 15 is 0 Å². The van der Waals surface area contributed by atoms with Gasteiger partial charge in [0.15, 0.2) is 6.29 Å². The van der Waals surface area contributed by atoms with Gasteiger partial charge in [0, 0.05) is 0 Å². The molecule has 1 heterocycles. The summed E-state index contributed by atoms with van der Waals surface area (Å²) in [6.07, 6.45) is 1.39. The van der Waals surface area contributed by atoms with Gasteiger partial charge in [0.05, 0.1) is 11.4 Å². The van der Waals surface area contributed by atoms with Gasteiger partial charge in [-0.1, -0.05) is 19.1 Å². The lowest BCUT2D eigenvalue weighted by atomic mass is 10.1. The standard InChI is InChI=1S/C13H14FN3O/c1-9(2)7-13-12(8-18)15-16-17(13)11-5-3-10(14)4-6-11/h3-6,8-9H,7H2,1-2H3. The van der Waals surface area contributed by atoms with Gasteiger partial charge in [-0.2, -0.15) is 0 Å². The Bertz CT molecular complexity index is 546. The molecular formula is C13H14FN3O. The number of carbonyl (C=O) groups excluding carboxylic acids is 1. The van der Waals surface area contributed by atoms with E-state index in [4.69, 9.17) is 0 Å². The first-order valence-electron chi connectivity index (χ1n) is 5.77. The van der Waals surface area contributed by atoms with E-state index < -0.39 is 0 Å². The first-order chi connectivity index (χ1) is 8.61. The predicted molar refractivity (Wildman–Crippen MR) is 65.2 cm³/mol. The largest absolute Gasteiger partial charge is 0.296 e. The summed E-state index contributed by atoms with van der Waals surface area (Å²) in [7, 11) is 0. The summed E-state index contributed by atoms with van der Waals surface area (Å²) in [5.74, 6) is 0.0706. The van der Waals surface area contributed by atoms with Crippen LogP contribution in [0, 0.1) is 11.7 Å². The minimum absolute atomic E-state index is 0.306. The fourth-order valence-corrected chi connectivity index (χ4v) is 1.77. The van der Waals surface area contributed by atoms with E-state index in [9.17, 15) is 9.18 Å². The number of aldehydes is 1. The molecule has 1 aromatic heterocycles. The molecule has 5 heteroatoms. The summed E-state index contributed by atoms with van der Waals surface area (Å²) in [4.78, 5) is 10.9. The Balaban J connectivity index is 2.46. The fraction of sp³-hybridized carbons (Fsp3) is 0.308. The quantitative estimate of drug-likeness (QED) is 0.779. The summed E-state index contributed by atoms with van der Waals surface area (Å²) < 4.78 is 14.5. The molecule has 2 aromatic rings. The highest BCUT2D eigenvalue weighted by Crippen LogP contribution is 2.16. The van der Waals surface area contributed by atoms with Crippen molar-refractivity contribution in [2.75, 3.05) is 0 Å². The number of rotatable bonds is 4. The maximum atomic E-state index is 12.9. The van der Waals surface area contributed by atoms with Gasteiger partial charge in [-0.3, -0.25) is 4.79 Å². The molecule has 0 radical (unpaired) electrons. The summed E-state index contributed by atoms with van der Waals surface area (Å²) >= 11 is 0. The second-order valence-corrected chi connectivity index (χ2v) is 4.53. The minimum atomic E-state index is -0.306. The Hall–Kier alpha value is -2.04. The molecule has 4 nitrogen and oxygen atoms in total. The van der Waals surface area contributed by atoms with Crippen LogP contribution in [0.4, 0.5) is 4.39 Å². The zero-order valence-electron chi connectivity index (χ0n) is 10.3. The van der Waals surface area contributed by atoms with Crippen molar-refractivity contribution in [3.8, 4) is 5.69 Å². The maximum Gasteiger partial charge on any atom is 0.172 e. The predicted octanol–water partition coefficient (Wildman–Crippen LogP) is 2.42. The van der Waals surface area contributed by atoms with Gasteiger partial charge in [0.1, 0.15) is 11.5 Å². The van der Waals surface area contributed by atoms with Gasteiger partial charge in [0.25, 0.3) is 0 Å². The number of nitrogens with zero attached hydrogens (tertiary/aromatic N) is 3. The lowest BCUT2D eigenvalue weighted by Crippen LogP contribution is -2.07. The Kier molecular flexibility index (Phi) is 3.50. The van der Waals surface area contributed by atoms with E-state index in [1.807, 2.05) is 0 Å². The van der Waals surface area contributed by atoms with Gasteiger partial charge in [-0.25, -0.2) is 9.07 Å². The third-order valence-corrected chi connectivity index (χ3v) is 2.58. The second kappa shape index (κ2) is 5.08. The summed E-state index contributed by atoms with van der Waals surface area (Å²) in [6, 6.07) is 5.94. The Labute approximate surface area is 104 Å². The topological polar surface area (TPSA) is 47.8 Å². The van der Waals surface area contributed by atoms with Crippen LogP contribution in [0.2, 0.25) is 0 Å². The number of hydrogen-bond acceptors (Lipinski definition) is 3. The zero-order valence-corrected chi connectivity index (χ0v) is 10.3. The number of aromatic nitrogens is 3. The van der Waals surface area contributed by atoms with Crippen LogP contribution in [0.15, 0.2) is 24.3 Å². The highest BCUT2D eigenvalue weighted by atomic mass is 19.1. The van der Waals surface area contributed by atoms with Crippen molar-refractivity contribution in [3.05, 3.63) is 41.5 Å². The third kappa shape index (κ3) is 2.45. The monoisotopic (exact) mass is 247 g/mol. The summed E-state index contributed by atoms with van der Waals surface area (Å²) in [5, 5.41) is 7.79. The molecule has 0 saturated heterocycles. The van der Waals surface area contributed by atoms with Crippen molar-refractivity contribution >= 4 is 6.29 Å². The van der Waals surface area contributed by atoms with Gasteiger partial charge in [0.2, 0.25) is 0 Å². The maximum absolute atomic E-state index is 12.9. The van der Waals surface area contributed by atoms with Crippen LogP contribution in [0.25, 0.3) is 5.69 Å². The lowest BCUT2D eigenvalue weighted by Gasteiger charge is -2.08. The molecule has 94 valence electrons. The van der Waals surface area contributed by atoms with E-state index in [0.29, 0.717) is 30.0 Å². The SMILES string of the molecule is CC(C)Cc1c(C=O)nnn1-c1ccc(F)cc1. The molecule has 0 amide bonds. The molecule has 0 unspecified atom stereocenters. The van der Waals surface area contributed by atoms with Crippen molar-refractivity contribution in [3.63, 3.8) is 0 Å². The van der Waals surface area contributed by atoms with Crippen LogP contribution in [0.3, 0.4) is 0 Å². The van der Waals surface area contributed by atoms with E-state index in [-0.39, 0.29) is 5.82 Å². The first kappa shape index (κ1) is 12.4. The molecular weight excluding hydrogens is 233 g/mol. The van der Waals surface area contributed by atoms with Crippen LogP contribution >= 0.6 is 0 Å². The average Bonchev–Trinajstić information content (AvgIpc) is 2.72. The molecule has 0 N–H and O–H groups in total. The second-order valence-electron chi connectivity index (χ2n) is 4.53. The highest BCUT2D eigenvalue weighted by Gasteiger charge is 2.14. The average molecular weight is 247 g/mol. The van der Waals surface area contributed by atoms with Gasteiger partial charge in [-0.05, 0) is 36.6 Å². The third-order valence-electron chi connectivity index (χ3n) is 2.58. The van der Waals surface area contributed by atoms with E-state index in [1.165, 1.54) is 12.1 Å². The van der Waals surface area contributed by atoms with E-state index in [1.54, 1.807) is 16.8 Å². The van der Waals surface area contributed by atoms with Crippen molar-refractivity contribution in [1.82, 2.24) is 15.0 Å². The van der Waals surface area contributed by atoms with Gasteiger partial charge < -0.3 is 0 Å². The van der Waals surface area contributed by atoms with Crippen LogP contribution in [0.5, 0.6) is 0 Å². The van der Waals surface area contributed by atoms with Crippen LogP contribution < -0.4 is 0 Å². The Morgan fingerprint density at radius 3 is 2.56 bits per heavy atom. The highest BCUT2D eigenvalue weighted by molar-refractivity contribution is 5.73. The molecule has 0 atom stereocenters. The molecule has 0 aliphatic carbocycles. The van der Waals surface area contributed by atoms with Gasteiger partial charge in [-0.15, -0.1) is 5.10 Å². The Morgan fingerprint density at radius 2 is 2.00 bits per heavy atom. The number of hydrogen-bond donors (Lipinski definition) is 0. The minimum Gasteiger partial charge on any atom is -0.296 e. The molecule has 0 fully saturated rings. The number of benzene rings is 1. The summed E-state index contributed by atoms with van der Waals surface area (Å²) in [5.41, 5.74) is 1.80. The van der Waals surface area contributed by atoms with Crippen LogP contribution in [-0.2, 0) is 6.42 Å². The van der Waals surface area contributed by atoms with Crippen LogP contribution in [-0.4, -0.2) is 21.3 Å². The summed E-state index contributed by atoms with van der Waals surface area (Å²) in [6.45, 7) is 4.10. The van der Waals surface area contributed by atoms with Crippen LogP contribution in [0.1, 0.15) is 30.0 Å². The smallest absolute Gasteiger partial charge is 0.172 e. The van der Waals surface area contributed by atoms with Crippen molar-refractivity contribution < 1.29 is 9.18 Å². The molecule has 1 aromatic carbocycles. The molecule has 0 spiro atoms. The number of halogens is 1. The first-order valence-corrected chi connectivity index (χ1v) is 5.77. The molecule has 0 saturated carbocycles. The Morgan fingerprint density at radius 1 is 1.33 bits per heavy atom. The molecule has 0 aliphatic heterocycles.